The summed E-state index contributed by atoms with van der Waals surface area (Å²) >= 11 is 7.45. The van der Waals surface area contributed by atoms with Crippen LogP contribution < -0.4 is 0 Å². The number of rotatable bonds is 5. The van der Waals surface area contributed by atoms with Gasteiger partial charge in [-0.2, -0.15) is 0 Å². The molecule has 0 amide bonds. The van der Waals surface area contributed by atoms with Crippen LogP contribution >= 0.6 is 23.4 Å². The van der Waals surface area contributed by atoms with E-state index in [0.29, 0.717) is 23.0 Å². The predicted molar refractivity (Wildman–Crippen MR) is 105 cm³/mol. The second-order valence-corrected chi connectivity index (χ2v) is 8.07. The van der Waals surface area contributed by atoms with Gasteiger partial charge in [0.15, 0.2) is 5.16 Å². The van der Waals surface area contributed by atoms with Crippen LogP contribution in [-0.2, 0) is 16.0 Å². The van der Waals surface area contributed by atoms with E-state index < -0.39 is 0 Å². The highest BCUT2D eigenvalue weighted by Gasteiger charge is 2.34. The van der Waals surface area contributed by atoms with Crippen molar-refractivity contribution < 1.29 is 9.53 Å². The van der Waals surface area contributed by atoms with Crippen molar-refractivity contribution in [2.75, 3.05) is 0 Å². The first-order chi connectivity index (χ1) is 13.1. The molecule has 1 saturated heterocycles. The maximum absolute atomic E-state index is 12.1. The molecule has 1 aliphatic heterocycles. The number of aromatic nitrogens is 3. The van der Waals surface area contributed by atoms with Crippen molar-refractivity contribution in [3.05, 3.63) is 71.0 Å². The third-order valence-electron chi connectivity index (χ3n) is 4.36. The summed E-state index contributed by atoms with van der Waals surface area (Å²) in [5.74, 6) is 0.619. The first-order valence-corrected chi connectivity index (χ1v) is 9.97. The summed E-state index contributed by atoms with van der Waals surface area (Å²) in [6.45, 7) is 1.91. The highest BCUT2D eigenvalue weighted by Crippen LogP contribution is 2.33. The minimum atomic E-state index is -0.264. The number of nitrogens with zero attached hydrogens (tertiary/aromatic N) is 3. The zero-order valence-corrected chi connectivity index (χ0v) is 16.3. The average molecular weight is 400 g/mol. The Morgan fingerprint density at radius 1 is 1.15 bits per heavy atom. The SMILES string of the molecule is C[C@H]1C[C@@H](Sc2nnc(Cc3ccccc3)n2-c2ccc(Cl)cc2)C(=O)O1. The van der Waals surface area contributed by atoms with E-state index in [4.69, 9.17) is 16.3 Å². The molecule has 27 heavy (non-hydrogen) atoms. The van der Waals surface area contributed by atoms with Crippen molar-refractivity contribution >= 4 is 29.3 Å². The van der Waals surface area contributed by atoms with E-state index in [9.17, 15) is 4.79 Å². The summed E-state index contributed by atoms with van der Waals surface area (Å²) in [7, 11) is 0. The molecule has 4 rings (SSSR count). The molecule has 0 N–H and O–H groups in total. The van der Waals surface area contributed by atoms with Crippen molar-refractivity contribution in [3.8, 4) is 5.69 Å². The highest BCUT2D eigenvalue weighted by atomic mass is 35.5. The predicted octanol–water partition coefficient (Wildman–Crippen LogP) is 4.31. The number of hydrogen-bond donors (Lipinski definition) is 0. The van der Waals surface area contributed by atoms with E-state index in [1.165, 1.54) is 11.8 Å². The van der Waals surface area contributed by atoms with Gasteiger partial charge in [-0.05, 0) is 36.8 Å². The van der Waals surface area contributed by atoms with E-state index in [0.717, 1.165) is 17.1 Å². The van der Waals surface area contributed by atoms with Gasteiger partial charge < -0.3 is 4.74 Å². The number of ether oxygens (including phenoxy) is 1. The van der Waals surface area contributed by atoms with Gasteiger partial charge in [-0.15, -0.1) is 10.2 Å². The van der Waals surface area contributed by atoms with Gasteiger partial charge in [0.25, 0.3) is 0 Å². The molecule has 0 saturated carbocycles. The van der Waals surface area contributed by atoms with E-state index in [1.54, 1.807) is 0 Å². The van der Waals surface area contributed by atoms with Crippen LogP contribution in [0.4, 0.5) is 0 Å². The largest absolute Gasteiger partial charge is 0.462 e. The summed E-state index contributed by atoms with van der Waals surface area (Å²) < 4.78 is 7.27. The highest BCUT2D eigenvalue weighted by molar-refractivity contribution is 8.00. The van der Waals surface area contributed by atoms with E-state index in [2.05, 4.69) is 22.3 Å². The van der Waals surface area contributed by atoms with Crippen molar-refractivity contribution in [2.45, 2.75) is 36.3 Å². The zero-order valence-electron chi connectivity index (χ0n) is 14.7. The Kier molecular flexibility index (Phi) is 5.18. The maximum Gasteiger partial charge on any atom is 0.319 e. The van der Waals surface area contributed by atoms with Gasteiger partial charge in [-0.1, -0.05) is 53.7 Å². The minimum absolute atomic E-state index is 0.0642. The van der Waals surface area contributed by atoms with E-state index in [1.807, 2.05) is 54.0 Å². The lowest BCUT2D eigenvalue weighted by Crippen LogP contribution is -2.11. The third-order valence-corrected chi connectivity index (χ3v) is 5.76. The zero-order chi connectivity index (χ0) is 18.8. The van der Waals surface area contributed by atoms with Crippen LogP contribution in [0.1, 0.15) is 24.7 Å². The summed E-state index contributed by atoms with van der Waals surface area (Å²) in [6, 6.07) is 17.6. The van der Waals surface area contributed by atoms with Crippen molar-refractivity contribution in [1.29, 1.82) is 0 Å². The van der Waals surface area contributed by atoms with Gasteiger partial charge in [0.05, 0.1) is 0 Å². The molecule has 0 aliphatic carbocycles. The van der Waals surface area contributed by atoms with Crippen LogP contribution in [0.5, 0.6) is 0 Å². The van der Waals surface area contributed by atoms with Crippen molar-refractivity contribution in [1.82, 2.24) is 14.8 Å². The Morgan fingerprint density at radius 2 is 1.89 bits per heavy atom. The van der Waals surface area contributed by atoms with Gasteiger partial charge >= 0.3 is 5.97 Å². The number of carbonyl (C=O) groups excluding carboxylic acids is 1. The molecule has 0 unspecified atom stereocenters. The van der Waals surface area contributed by atoms with Crippen LogP contribution in [0.25, 0.3) is 5.69 Å². The van der Waals surface area contributed by atoms with Gasteiger partial charge in [-0.25, -0.2) is 0 Å². The molecule has 1 aromatic heterocycles. The first-order valence-electron chi connectivity index (χ1n) is 8.71. The molecule has 1 aliphatic rings. The molecule has 5 nitrogen and oxygen atoms in total. The molecular formula is C20H18ClN3O2S. The fourth-order valence-electron chi connectivity index (χ4n) is 3.06. The van der Waals surface area contributed by atoms with Crippen LogP contribution in [0.15, 0.2) is 59.8 Å². The van der Waals surface area contributed by atoms with E-state index >= 15 is 0 Å². The number of thioether (sulfide) groups is 1. The molecule has 2 heterocycles. The molecule has 2 atom stereocenters. The van der Waals surface area contributed by atoms with Crippen molar-refractivity contribution in [3.63, 3.8) is 0 Å². The van der Waals surface area contributed by atoms with Gasteiger partial charge in [0.1, 0.15) is 17.2 Å². The Bertz CT molecular complexity index is 944. The fourth-order valence-corrected chi connectivity index (χ4v) is 4.37. The van der Waals surface area contributed by atoms with Crippen LogP contribution in [0.3, 0.4) is 0 Å². The quantitative estimate of drug-likeness (QED) is 0.598. The normalized spacial score (nSPS) is 19.3. The number of halogens is 1. The fraction of sp³-hybridized carbons (Fsp3) is 0.250. The summed E-state index contributed by atoms with van der Waals surface area (Å²) in [5, 5.41) is 9.85. The second-order valence-electron chi connectivity index (χ2n) is 6.46. The number of benzene rings is 2. The Morgan fingerprint density at radius 3 is 2.56 bits per heavy atom. The average Bonchev–Trinajstić information content (AvgIpc) is 3.19. The van der Waals surface area contributed by atoms with Gasteiger partial charge in [0, 0.05) is 23.6 Å². The number of cyclic esters (lactones) is 1. The van der Waals surface area contributed by atoms with Crippen molar-refractivity contribution in [2.24, 2.45) is 0 Å². The topological polar surface area (TPSA) is 57.0 Å². The molecular weight excluding hydrogens is 382 g/mol. The maximum atomic E-state index is 12.1. The number of esters is 1. The molecule has 7 heteroatoms. The first kappa shape index (κ1) is 18.1. The Balaban J connectivity index is 1.70. The minimum Gasteiger partial charge on any atom is -0.462 e. The summed E-state index contributed by atoms with van der Waals surface area (Å²) in [4.78, 5) is 12.1. The summed E-state index contributed by atoms with van der Waals surface area (Å²) in [6.07, 6.45) is 1.25. The molecule has 2 aromatic carbocycles. The number of carbonyl (C=O) groups is 1. The van der Waals surface area contributed by atoms with Crippen LogP contribution in [-0.4, -0.2) is 32.1 Å². The lowest BCUT2D eigenvalue weighted by Gasteiger charge is -2.12. The molecule has 0 spiro atoms. The molecule has 1 fully saturated rings. The number of hydrogen-bond acceptors (Lipinski definition) is 5. The standard InChI is InChI=1S/C20H18ClN3O2S/c1-13-11-17(19(25)26-13)27-20-23-22-18(12-14-5-3-2-4-6-14)24(20)16-9-7-15(21)8-10-16/h2-10,13,17H,11-12H2,1H3/t13-,17+/m0/s1. The smallest absolute Gasteiger partial charge is 0.319 e. The van der Waals surface area contributed by atoms with Crippen LogP contribution in [0.2, 0.25) is 5.02 Å². The van der Waals surface area contributed by atoms with Gasteiger partial charge in [0.2, 0.25) is 0 Å². The third kappa shape index (κ3) is 4.01. The lowest BCUT2D eigenvalue weighted by molar-refractivity contribution is -0.140. The van der Waals surface area contributed by atoms with Crippen LogP contribution in [0, 0.1) is 0 Å². The molecule has 0 bridgehead atoms. The Labute approximate surface area is 166 Å². The lowest BCUT2D eigenvalue weighted by atomic mass is 10.1. The summed E-state index contributed by atoms with van der Waals surface area (Å²) in [5.41, 5.74) is 2.06. The monoisotopic (exact) mass is 399 g/mol. The second kappa shape index (κ2) is 7.74. The van der Waals surface area contributed by atoms with Gasteiger partial charge in [-0.3, -0.25) is 9.36 Å². The Hall–Kier alpha value is -2.31. The molecule has 3 aromatic rings. The van der Waals surface area contributed by atoms with E-state index in [-0.39, 0.29) is 17.3 Å². The molecule has 0 radical (unpaired) electrons. The molecule has 138 valence electrons.